The summed E-state index contributed by atoms with van der Waals surface area (Å²) in [7, 11) is 0. The minimum atomic E-state index is -0.302. The van der Waals surface area contributed by atoms with Crippen LogP contribution in [0.2, 0.25) is 0 Å². The Balaban J connectivity index is 2.59. The van der Waals surface area contributed by atoms with Gasteiger partial charge in [-0.15, -0.1) is 0 Å². The lowest BCUT2D eigenvalue weighted by Gasteiger charge is -2.03. The van der Waals surface area contributed by atoms with Crippen molar-refractivity contribution in [2.24, 2.45) is 5.73 Å². The van der Waals surface area contributed by atoms with Gasteiger partial charge in [-0.1, -0.05) is 12.1 Å². The van der Waals surface area contributed by atoms with Gasteiger partial charge < -0.3 is 15.6 Å². The number of carbonyl (C=O) groups is 1. The molecule has 0 fully saturated rings. The quantitative estimate of drug-likeness (QED) is 0.743. The normalized spacial score (nSPS) is 12.4. The van der Waals surface area contributed by atoms with Crippen molar-refractivity contribution in [3.8, 4) is 0 Å². The van der Waals surface area contributed by atoms with Crippen LogP contribution in [0.1, 0.15) is 49.1 Å². The first-order valence-electron chi connectivity index (χ1n) is 5.50. The molecule has 0 spiro atoms. The minimum Gasteiger partial charge on any atom is -0.349 e. The molecule has 1 unspecified atom stereocenters. The standard InChI is InChI=1S/C10H18N4O2/c1-3-12-9(15)8-13-10(16-14-8)7(2)5-4-6-11/h7H,3-6,11H2,1-2H3,(H,12,15). The molecule has 3 N–H and O–H groups in total. The smallest absolute Gasteiger partial charge is 0.292 e. The van der Waals surface area contributed by atoms with Gasteiger partial charge in [0.15, 0.2) is 0 Å². The Bertz CT molecular complexity index is 337. The Kier molecular flexibility index (Phi) is 4.91. The minimum absolute atomic E-state index is 0.0939. The summed E-state index contributed by atoms with van der Waals surface area (Å²) in [4.78, 5) is 15.4. The van der Waals surface area contributed by atoms with E-state index in [1.54, 1.807) is 0 Å². The van der Waals surface area contributed by atoms with Crippen molar-refractivity contribution in [2.75, 3.05) is 13.1 Å². The van der Waals surface area contributed by atoms with Crippen LogP contribution in [0.25, 0.3) is 0 Å². The third-order valence-corrected chi connectivity index (χ3v) is 2.24. The Morgan fingerprint density at radius 2 is 2.38 bits per heavy atom. The van der Waals surface area contributed by atoms with Crippen LogP contribution in [0.3, 0.4) is 0 Å². The van der Waals surface area contributed by atoms with Crippen LogP contribution in [0.15, 0.2) is 4.52 Å². The molecule has 0 aliphatic heterocycles. The van der Waals surface area contributed by atoms with E-state index in [4.69, 9.17) is 10.3 Å². The van der Waals surface area contributed by atoms with E-state index in [-0.39, 0.29) is 17.6 Å². The van der Waals surface area contributed by atoms with E-state index in [9.17, 15) is 4.79 Å². The highest BCUT2D eigenvalue weighted by Gasteiger charge is 2.17. The van der Waals surface area contributed by atoms with Crippen molar-refractivity contribution in [1.82, 2.24) is 15.5 Å². The third-order valence-electron chi connectivity index (χ3n) is 2.24. The maximum absolute atomic E-state index is 11.4. The molecule has 0 bridgehead atoms. The summed E-state index contributed by atoms with van der Waals surface area (Å²) < 4.78 is 5.03. The second kappa shape index (κ2) is 6.22. The number of aromatic nitrogens is 2. The van der Waals surface area contributed by atoms with E-state index in [0.29, 0.717) is 19.0 Å². The van der Waals surface area contributed by atoms with Crippen LogP contribution < -0.4 is 11.1 Å². The number of hydrogen-bond acceptors (Lipinski definition) is 5. The maximum atomic E-state index is 11.4. The van der Waals surface area contributed by atoms with Gasteiger partial charge in [-0.25, -0.2) is 0 Å². The predicted octanol–water partition coefficient (Wildman–Crippen LogP) is 0.662. The lowest BCUT2D eigenvalue weighted by Crippen LogP contribution is -2.23. The molecule has 0 aliphatic rings. The number of rotatable bonds is 6. The molecule has 6 heteroatoms. The summed E-state index contributed by atoms with van der Waals surface area (Å²) in [5.41, 5.74) is 5.42. The Labute approximate surface area is 94.6 Å². The molecule has 6 nitrogen and oxygen atoms in total. The van der Waals surface area contributed by atoms with Crippen molar-refractivity contribution in [1.29, 1.82) is 0 Å². The molecular formula is C10H18N4O2. The Morgan fingerprint density at radius 3 is 3.00 bits per heavy atom. The molecule has 90 valence electrons. The number of nitrogens with two attached hydrogens (primary N) is 1. The van der Waals surface area contributed by atoms with Crippen molar-refractivity contribution in [3.05, 3.63) is 11.7 Å². The van der Waals surface area contributed by atoms with Crippen LogP contribution in [-0.2, 0) is 0 Å². The zero-order valence-corrected chi connectivity index (χ0v) is 9.69. The summed E-state index contributed by atoms with van der Waals surface area (Å²) in [6.07, 6.45) is 1.79. The highest BCUT2D eigenvalue weighted by atomic mass is 16.5. The lowest BCUT2D eigenvalue weighted by atomic mass is 10.1. The van der Waals surface area contributed by atoms with Crippen LogP contribution in [0, 0.1) is 0 Å². The number of carbonyl (C=O) groups excluding carboxylic acids is 1. The molecule has 1 aromatic rings. The van der Waals surface area contributed by atoms with E-state index in [0.717, 1.165) is 12.8 Å². The summed E-state index contributed by atoms with van der Waals surface area (Å²) >= 11 is 0. The number of nitrogens with one attached hydrogen (secondary N) is 1. The van der Waals surface area contributed by atoms with E-state index in [1.165, 1.54) is 0 Å². The van der Waals surface area contributed by atoms with Gasteiger partial charge in [-0.3, -0.25) is 4.79 Å². The van der Waals surface area contributed by atoms with Crippen LogP contribution in [0.5, 0.6) is 0 Å². The first-order valence-corrected chi connectivity index (χ1v) is 5.50. The van der Waals surface area contributed by atoms with Gasteiger partial charge >= 0.3 is 0 Å². The fourth-order valence-corrected chi connectivity index (χ4v) is 1.31. The molecule has 1 amide bonds. The summed E-state index contributed by atoms with van der Waals surface area (Å²) in [5, 5.41) is 6.25. The largest absolute Gasteiger partial charge is 0.349 e. The molecule has 1 heterocycles. The summed E-state index contributed by atoms with van der Waals surface area (Å²) in [5.74, 6) is 0.425. The van der Waals surface area contributed by atoms with Gasteiger partial charge in [0.05, 0.1) is 0 Å². The van der Waals surface area contributed by atoms with Crippen molar-refractivity contribution < 1.29 is 9.32 Å². The van der Waals surface area contributed by atoms with E-state index in [2.05, 4.69) is 15.5 Å². The molecule has 1 aromatic heterocycles. The molecule has 1 atom stereocenters. The van der Waals surface area contributed by atoms with E-state index in [1.807, 2.05) is 13.8 Å². The number of nitrogens with zero attached hydrogens (tertiary/aromatic N) is 2. The molecule has 0 saturated heterocycles. The first kappa shape index (κ1) is 12.6. The summed E-state index contributed by atoms with van der Waals surface area (Å²) in [6.45, 7) is 5.00. The zero-order valence-electron chi connectivity index (χ0n) is 9.69. The molecule has 0 aromatic carbocycles. The van der Waals surface area contributed by atoms with Gasteiger partial charge in [0.25, 0.3) is 11.7 Å². The maximum Gasteiger partial charge on any atom is 0.292 e. The van der Waals surface area contributed by atoms with Gasteiger partial charge in [0.2, 0.25) is 5.89 Å². The fourth-order valence-electron chi connectivity index (χ4n) is 1.31. The van der Waals surface area contributed by atoms with Crippen LogP contribution >= 0.6 is 0 Å². The molecule has 0 radical (unpaired) electrons. The van der Waals surface area contributed by atoms with E-state index < -0.39 is 0 Å². The lowest BCUT2D eigenvalue weighted by molar-refractivity contribution is 0.0942. The van der Waals surface area contributed by atoms with E-state index >= 15 is 0 Å². The second-order valence-electron chi connectivity index (χ2n) is 3.65. The SMILES string of the molecule is CCNC(=O)c1noc(C(C)CCCN)n1. The average molecular weight is 226 g/mol. The molecule has 16 heavy (non-hydrogen) atoms. The van der Waals surface area contributed by atoms with Crippen LogP contribution in [0.4, 0.5) is 0 Å². The van der Waals surface area contributed by atoms with Crippen molar-refractivity contribution >= 4 is 5.91 Å². The third kappa shape index (κ3) is 3.30. The highest BCUT2D eigenvalue weighted by Crippen LogP contribution is 2.17. The zero-order chi connectivity index (χ0) is 12.0. The molecule has 0 aliphatic carbocycles. The molecule has 0 saturated carbocycles. The van der Waals surface area contributed by atoms with Gasteiger partial charge in [0.1, 0.15) is 0 Å². The highest BCUT2D eigenvalue weighted by molar-refractivity contribution is 5.90. The first-order chi connectivity index (χ1) is 7.69. The van der Waals surface area contributed by atoms with Gasteiger partial charge in [-0.05, 0) is 26.3 Å². The molecular weight excluding hydrogens is 208 g/mol. The summed E-state index contributed by atoms with van der Waals surface area (Å²) in [6, 6.07) is 0. The van der Waals surface area contributed by atoms with Crippen LogP contribution in [-0.4, -0.2) is 29.1 Å². The number of amides is 1. The van der Waals surface area contributed by atoms with Crippen molar-refractivity contribution in [2.45, 2.75) is 32.6 Å². The Hall–Kier alpha value is -1.43. The van der Waals surface area contributed by atoms with Crippen molar-refractivity contribution in [3.63, 3.8) is 0 Å². The predicted molar refractivity (Wildman–Crippen MR) is 59.0 cm³/mol. The topological polar surface area (TPSA) is 94.0 Å². The molecule has 1 rings (SSSR count). The fraction of sp³-hybridized carbons (Fsp3) is 0.700. The second-order valence-corrected chi connectivity index (χ2v) is 3.65. The van der Waals surface area contributed by atoms with Gasteiger partial charge in [-0.2, -0.15) is 4.98 Å². The monoisotopic (exact) mass is 226 g/mol. The Morgan fingerprint density at radius 1 is 1.62 bits per heavy atom. The van der Waals surface area contributed by atoms with Gasteiger partial charge in [0, 0.05) is 12.5 Å². The number of hydrogen-bond donors (Lipinski definition) is 2. The average Bonchev–Trinajstić information content (AvgIpc) is 2.75.